The van der Waals surface area contributed by atoms with Gasteiger partial charge in [0.25, 0.3) is 5.91 Å². The molecule has 0 bridgehead atoms. The number of carbonyl (C=O) groups is 1. The van der Waals surface area contributed by atoms with Crippen LogP contribution in [0.3, 0.4) is 0 Å². The van der Waals surface area contributed by atoms with Crippen LogP contribution in [0.4, 0.5) is 0 Å². The molecule has 0 unspecified atom stereocenters. The summed E-state index contributed by atoms with van der Waals surface area (Å²) in [5.41, 5.74) is 7.49. The zero-order chi connectivity index (χ0) is 16.8. The maximum Gasteiger partial charge on any atom is 0.251 e. The van der Waals surface area contributed by atoms with Gasteiger partial charge in [-0.2, -0.15) is 0 Å². The standard InChI is InChI=1S/C20H34N2O.ClH/c1-2-3-4-5-6-7-8-9-11-18-12-14-19(15-13-18)20(23)22-17-10-16-21;/h12-15H,2-11,16-17,21H2,1H3,(H,22,23);1H. The number of hydrogen-bond acceptors (Lipinski definition) is 2. The van der Waals surface area contributed by atoms with Gasteiger partial charge in [0.15, 0.2) is 0 Å². The predicted octanol–water partition coefficient (Wildman–Crippen LogP) is 4.87. The molecule has 0 aliphatic carbocycles. The molecule has 0 aromatic heterocycles. The van der Waals surface area contributed by atoms with Crippen LogP contribution in [0.2, 0.25) is 0 Å². The monoisotopic (exact) mass is 354 g/mol. The minimum absolute atomic E-state index is 0. The average Bonchev–Trinajstić information content (AvgIpc) is 2.58. The molecule has 4 heteroatoms. The van der Waals surface area contributed by atoms with Crippen molar-refractivity contribution in [2.24, 2.45) is 5.73 Å². The molecule has 1 aromatic carbocycles. The number of rotatable bonds is 13. The van der Waals surface area contributed by atoms with Gasteiger partial charge in [0.1, 0.15) is 0 Å². The Morgan fingerprint density at radius 2 is 1.50 bits per heavy atom. The second-order valence-electron chi connectivity index (χ2n) is 6.32. The molecule has 0 atom stereocenters. The van der Waals surface area contributed by atoms with E-state index in [2.05, 4.69) is 24.4 Å². The van der Waals surface area contributed by atoms with E-state index in [1.165, 1.54) is 56.9 Å². The quantitative estimate of drug-likeness (QED) is 0.496. The van der Waals surface area contributed by atoms with E-state index in [0.29, 0.717) is 13.1 Å². The lowest BCUT2D eigenvalue weighted by atomic mass is 10.0. The van der Waals surface area contributed by atoms with Gasteiger partial charge in [-0.15, -0.1) is 12.4 Å². The maximum absolute atomic E-state index is 11.9. The molecule has 1 amide bonds. The van der Waals surface area contributed by atoms with Crippen molar-refractivity contribution in [1.82, 2.24) is 5.32 Å². The van der Waals surface area contributed by atoms with Gasteiger partial charge in [-0.1, -0.05) is 64.0 Å². The molecular formula is C20H35ClN2O. The van der Waals surface area contributed by atoms with Gasteiger partial charge >= 0.3 is 0 Å². The van der Waals surface area contributed by atoms with Gasteiger partial charge in [-0.3, -0.25) is 4.79 Å². The van der Waals surface area contributed by atoms with Crippen molar-refractivity contribution in [3.05, 3.63) is 35.4 Å². The summed E-state index contributed by atoms with van der Waals surface area (Å²) >= 11 is 0. The van der Waals surface area contributed by atoms with E-state index in [1.54, 1.807) is 0 Å². The van der Waals surface area contributed by atoms with Crippen LogP contribution in [0.1, 0.15) is 80.6 Å². The van der Waals surface area contributed by atoms with Gasteiger partial charge in [0.05, 0.1) is 0 Å². The molecule has 0 fully saturated rings. The van der Waals surface area contributed by atoms with Crippen LogP contribution in [0.15, 0.2) is 24.3 Å². The fourth-order valence-electron chi connectivity index (χ4n) is 2.69. The zero-order valence-electron chi connectivity index (χ0n) is 15.2. The topological polar surface area (TPSA) is 55.1 Å². The van der Waals surface area contributed by atoms with Gasteiger partial charge in [0, 0.05) is 12.1 Å². The molecule has 24 heavy (non-hydrogen) atoms. The number of halogens is 1. The van der Waals surface area contributed by atoms with Crippen LogP contribution >= 0.6 is 12.4 Å². The summed E-state index contributed by atoms with van der Waals surface area (Å²) in [7, 11) is 0. The zero-order valence-corrected chi connectivity index (χ0v) is 16.0. The highest BCUT2D eigenvalue weighted by Gasteiger charge is 2.04. The number of aryl methyl sites for hydroxylation is 1. The van der Waals surface area contributed by atoms with Gasteiger partial charge in [-0.25, -0.2) is 0 Å². The summed E-state index contributed by atoms with van der Waals surface area (Å²) in [4.78, 5) is 11.9. The van der Waals surface area contributed by atoms with Crippen molar-refractivity contribution in [2.45, 2.75) is 71.1 Å². The summed E-state index contributed by atoms with van der Waals surface area (Å²) in [6.07, 6.45) is 12.7. The summed E-state index contributed by atoms with van der Waals surface area (Å²) in [6.45, 7) is 3.52. The van der Waals surface area contributed by atoms with Gasteiger partial charge < -0.3 is 11.1 Å². The summed E-state index contributed by atoms with van der Waals surface area (Å²) in [5, 5.41) is 2.88. The Morgan fingerprint density at radius 3 is 2.08 bits per heavy atom. The van der Waals surface area contributed by atoms with Crippen LogP contribution in [0.25, 0.3) is 0 Å². The third kappa shape index (κ3) is 10.7. The van der Waals surface area contributed by atoms with Crippen LogP contribution in [0, 0.1) is 0 Å². The third-order valence-corrected chi connectivity index (χ3v) is 4.20. The van der Waals surface area contributed by atoms with E-state index < -0.39 is 0 Å². The first-order valence-electron chi connectivity index (χ1n) is 9.35. The second kappa shape index (κ2) is 15.5. The van der Waals surface area contributed by atoms with Crippen molar-refractivity contribution in [2.75, 3.05) is 13.1 Å². The number of amides is 1. The van der Waals surface area contributed by atoms with Crippen molar-refractivity contribution >= 4 is 18.3 Å². The summed E-state index contributed by atoms with van der Waals surface area (Å²) in [6, 6.07) is 8.02. The van der Waals surface area contributed by atoms with Crippen LogP contribution in [-0.2, 0) is 6.42 Å². The molecule has 3 nitrogen and oxygen atoms in total. The van der Waals surface area contributed by atoms with E-state index in [4.69, 9.17) is 5.73 Å². The highest BCUT2D eigenvalue weighted by Crippen LogP contribution is 2.12. The number of benzene rings is 1. The highest BCUT2D eigenvalue weighted by molar-refractivity contribution is 5.94. The van der Waals surface area contributed by atoms with E-state index in [-0.39, 0.29) is 18.3 Å². The Bertz CT molecular complexity index is 420. The van der Waals surface area contributed by atoms with E-state index in [9.17, 15) is 4.79 Å². The molecule has 0 aliphatic heterocycles. The molecule has 0 spiro atoms. The predicted molar refractivity (Wildman–Crippen MR) is 106 cm³/mol. The number of hydrogen-bond donors (Lipinski definition) is 2. The lowest BCUT2D eigenvalue weighted by Gasteiger charge is -2.06. The largest absolute Gasteiger partial charge is 0.352 e. The van der Waals surface area contributed by atoms with Crippen LogP contribution < -0.4 is 11.1 Å². The molecule has 0 radical (unpaired) electrons. The smallest absolute Gasteiger partial charge is 0.251 e. The first-order valence-corrected chi connectivity index (χ1v) is 9.35. The number of nitrogens with one attached hydrogen (secondary N) is 1. The van der Waals surface area contributed by atoms with Crippen molar-refractivity contribution in [3.8, 4) is 0 Å². The Kier molecular flexibility index (Phi) is 14.8. The summed E-state index contributed by atoms with van der Waals surface area (Å²) < 4.78 is 0. The van der Waals surface area contributed by atoms with Gasteiger partial charge in [0.2, 0.25) is 0 Å². The SMILES string of the molecule is CCCCCCCCCCc1ccc(C(=O)NCCCN)cc1.Cl. The molecule has 1 rings (SSSR count). The second-order valence-corrected chi connectivity index (χ2v) is 6.32. The van der Waals surface area contributed by atoms with Crippen molar-refractivity contribution in [3.63, 3.8) is 0 Å². The lowest BCUT2D eigenvalue weighted by Crippen LogP contribution is -2.25. The first-order chi connectivity index (χ1) is 11.3. The fourth-order valence-corrected chi connectivity index (χ4v) is 2.69. The van der Waals surface area contributed by atoms with Crippen molar-refractivity contribution in [1.29, 1.82) is 0 Å². The maximum atomic E-state index is 11.9. The molecule has 3 N–H and O–H groups in total. The average molecular weight is 355 g/mol. The van der Waals surface area contributed by atoms with Crippen molar-refractivity contribution < 1.29 is 4.79 Å². The van der Waals surface area contributed by atoms with Gasteiger partial charge in [-0.05, 0) is 43.5 Å². The molecule has 0 saturated carbocycles. The van der Waals surface area contributed by atoms with E-state index in [1.807, 2.05) is 12.1 Å². The minimum atomic E-state index is -0.00270. The third-order valence-electron chi connectivity index (χ3n) is 4.20. The normalized spacial score (nSPS) is 10.2. The molecule has 138 valence electrons. The van der Waals surface area contributed by atoms with Crippen LogP contribution in [0.5, 0.6) is 0 Å². The van der Waals surface area contributed by atoms with E-state index in [0.717, 1.165) is 18.4 Å². The lowest BCUT2D eigenvalue weighted by molar-refractivity contribution is 0.0953. The Labute approximate surface area is 154 Å². The minimum Gasteiger partial charge on any atom is -0.352 e. The Balaban J connectivity index is 0.00000529. The molecule has 0 aliphatic rings. The molecule has 1 aromatic rings. The Morgan fingerprint density at radius 1 is 0.917 bits per heavy atom. The molecule has 0 heterocycles. The van der Waals surface area contributed by atoms with E-state index >= 15 is 0 Å². The number of carbonyl (C=O) groups excluding carboxylic acids is 1. The number of nitrogens with two attached hydrogens (primary N) is 1. The summed E-state index contributed by atoms with van der Waals surface area (Å²) in [5.74, 6) is -0.00270. The fraction of sp³-hybridized carbons (Fsp3) is 0.650. The Hall–Kier alpha value is -1.06. The number of unbranched alkanes of at least 4 members (excludes halogenated alkanes) is 7. The first kappa shape index (κ1) is 22.9. The molecular weight excluding hydrogens is 320 g/mol. The highest BCUT2D eigenvalue weighted by atomic mass is 35.5. The van der Waals surface area contributed by atoms with Crippen LogP contribution in [-0.4, -0.2) is 19.0 Å². The molecule has 0 saturated heterocycles.